The molecule has 0 saturated heterocycles. The van der Waals surface area contributed by atoms with Crippen LogP contribution in [0.1, 0.15) is 29.0 Å². The Balaban J connectivity index is 0.00000210. The van der Waals surface area contributed by atoms with Crippen LogP contribution in [0.15, 0.2) is 59.6 Å². The summed E-state index contributed by atoms with van der Waals surface area (Å²) in [7, 11) is 0. The molecule has 3 aromatic rings. The molecule has 4 N–H and O–H groups in total. The Morgan fingerprint density at radius 3 is 2.89 bits per heavy atom. The summed E-state index contributed by atoms with van der Waals surface area (Å²) in [6.45, 7) is 0.878. The van der Waals surface area contributed by atoms with E-state index in [2.05, 4.69) is 16.4 Å². The third kappa shape index (κ3) is 4.53. The number of aliphatic hydroxyl groups excluding tert-OH is 1. The Hall–Kier alpha value is -1.84. The molecule has 2 aromatic carbocycles. The van der Waals surface area contributed by atoms with Crippen molar-refractivity contribution in [2.75, 3.05) is 13.2 Å². The van der Waals surface area contributed by atoms with Crippen LogP contribution in [0.3, 0.4) is 0 Å². The molecule has 0 aliphatic carbocycles. The predicted octanol–water partition coefficient (Wildman–Crippen LogP) is 3.98. The van der Waals surface area contributed by atoms with Gasteiger partial charge in [0, 0.05) is 21.6 Å². The number of aliphatic imine (C=N–C) groups is 1. The van der Waals surface area contributed by atoms with E-state index in [-0.39, 0.29) is 36.6 Å². The highest BCUT2D eigenvalue weighted by Crippen LogP contribution is 2.32. The number of rotatable bonds is 4. The number of nitrogens with zero attached hydrogens (tertiary/aromatic N) is 1. The van der Waals surface area contributed by atoms with E-state index in [9.17, 15) is 5.11 Å². The normalized spacial score (nSPS) is 17.5. The zero-order valence-electron chi connectivity index (χ0n) is 14.7. The summed E-state index contributed by atoms with van der Waals surface area (Å²) in [5.74, 6) is 1.22. The minimum atomic E-state index is -0.658. The van der Waals surface area contributed by atoms with E-state index < -0.39 is 6.10 Å². The number of aliphatic hydroxyl groups is 1. The van der Waals surface area contributed by atoms with Gasteiger partial charge < -0.3 is 20.9 Å². The van der Waals surface area contributed by atoms with Gasteiger partial charge in [-0.3, -0.25) is 4.99 Å². The lowest BCUT2D eigenvalue weighted by Crippen LogP contribution is -2.37. The maximum Gasteiger partial charge on any atom is 0.189 e. The Morgan fingerprint density at radius 2 is 2.04 bits per heavy atom. The Kier molecular flexibility index (Phi) is 6.56. The van der Waals surface area contributed by atoms with Gasteiger partial charge in [-0.05, 0) is 23.6 Å². The molecule has 0 bridgehead atoms. The number of guanidine groups is 1. The largest absolute Gasteiger partial charge is 0.493 e. The van der Waals surface area contributed by atoms with E-state index in [4.69, 9.17) is 10.5 Å². The Morgan fingerprint density at radius 1 is 1.26 bits per heavy atom. The molecular formula is C20H22IN3O2S. The van der Waals surface area contributed by atoms with E-state index in [0.717, 1.165) is 32.7 Å². The van der Waals surface area contributed by atoms with Crippen molar-refractivity contribution in [3.05, 3.63) is 65.0 Å². The topological polar surface area (TPSA) is 79.9 Å². The standard InChI is InChI=1S/C20H21N3O2S.HI/c21-20(23-15-9-10-25-17-7-3-2-6-14(15)17)22-12-16(24)19-11-13-5-1-4-8-18(13)26-19;/h1-8,11,15-16,24H,9-10,12H2,(H3,21,22,23);1H. The Bertz CT molecular complexity index is 911. The van der Waals surface area contributed by atoms with Crippen LogP contribution >= 0.6 is 35.3 Å². The molecule has 1 aliphatic heterocycles. The van der Waals surface area contributed by atoms with Crippen LogP contribution in [0.4, 0.5) is 0 Å². The average molecular weight is 495 g/mol. The SMILES string of the molecule is I.NC(=NCC(O)c1cc2ccccc2s1)NC1CCOc2ccccc21. The lowest BCUT2D eigenvalue weighted by Gasteiger charge is -2.27. The van der Waals surface area contributed by atoms with Gasteiger partial charge in [-0.2, -0.15) is 0 Å². The summed E-state index contributed by atoms with van der Waals surface area (Å²) in [5, 5.41) is 14.8. The molecule has 0 spiro atoms. The molecule has 5 nitrogen and oxygen atoms in total. The maximum absolute atomic E-state index is 10.4. The highest BCUT2D eigenvalue weighted by atomic mass is 127. The molecule has 0 radical (unpaired) electrons. The minimum Gasteiger partial charge on any atom is -0.493 e. The molecule has 4 rings (SSSR count). The first-order chi connectivity index (χ1) is 12.7. The predicted molar refractivity (Wildman–Crippen MR) is 121 cm³/mol. The van der Waals surface area contributed by atoms with Crippen molar-refractivity contribution in [1.82, 2.24) is 5.32 Å². The number of hydrogen-bond donors (Lipinski definition) is 3. The first kappa shape index (κ1) is 19.9. The number of halogens is 1. The van der Waals surface area contributed by atoms with Gasteiger partial charge >= 0.3 is 0 Å². The highest BCUT2D eigenvalue weighted by Gasteiger charge is 2.21. The molecule has 0 fully saturated rings. The van der Waals surface area contributed by atoms with Gasteiger partial charge in [-0.1, -0.05) is 36.4 Å². The van der Waals surface area contributed by atoms with Crippen molar-refractivity contribution in [1.29, 1.82) is 0 Å². The third-order valence-electron chi connectivity index (χ3n) is 4.49. The molecule has 7 heteroatoms. The van der Waals surface area contributed by atoms with Gasteiger partial charge in [-0.15, -0.1) is 35.3 Å². The first-order valence-corrected chi connectivity index (χ1v) is 9.47. The van der Waals surface area contributed by atoms with Crippen molar-refractivity contribution in [2.24, 2.45) is 10.7 Å². The molecule has 1 aliphatic rings. The Labute approximate surface area is 179 Å². The van der Waals surface area contributed by atoms with Crippen molar-refractivity contribution < 1.29 is 9.84 Å². The van der Waals surface area contributed by atoms with Crippen molar-refractivity contribution in [3.8, 4) is 5.75 Å². The van der Waals surface area contributed by atoms with Crippen LogP contribution in [0.5, 0.6) is 5.75 Å². The maximum atomic E-state index is 10.4. The number of ether oxygens (including phenoxy) is 1. The molecule has 1 aromatic heterocycles. The fraction of sp³-hybridized carbons (Fsp3) is 0.250. The first-order valence-electron chi connectivity index (χ1n) is 8.65. The van der Waals surface area contributed by atoms with Gasteiger partial charge in [0.15, 0.2) is 5.96 Å². The summed E-state index contributed by atoms with van der Waals surface area (Å²) in [5.41, 5.74) is 7.14. The summed E-state index contributed by atoms with van der Waals surface area (Å²) in [6, 6.07) is 18.1. The molecule has 2 atom stereocenters. The van der Waals surface area contributed by atoms with Gasteiger partial charge in [0.1, 0.15) is 11.9 Å². The number of fused-ring (bicyclic) bond motifs is 2. The molecule has 0 amide bonds. The third-order valence-corrected chi connectivity index (χ3v) is 5.71. The van der Waals surface area contributed by atoms with Crippen molar-refractivity contribution in [2.45, 2.75) is 18.6 Å². The molecule has 142 valence electrons. The zero-order valence-corrected chi connectivity index (χ0v) is 17.8. The molecule has 2 unspecified atom stereocenters. The summed E-state index contributed by atoms with van der Waals surface area (Å²) in [4.78, 5) is 5.24. The highest BCUT2D eigenvalue weighted by molar-refractivity contribution is 14.0. The second-order valence-electron chi connectivity index (χ2n) is 6.30. The van der Waals surface area contributed by atoms with Crippen molar-refractivity contribution in [3.63, 3.8) is 0 Å². The lowest BCUT2D eigenvalue weighted by molar-refractivity contribution is 0.191. The van der Waals surface area contributed by atoms with E-state index in [1.807, 2.05) is 48.5 Å². The molecule has 2 heterocycles. The molecule has 27 heavy (non-hydrogen) atoms. The number of hydrogen-bond acceptors (Lipinski definition) is 4. The van der Waals surface area contributed by atoms with Gasteiger partial charge in [-0.25, -0.2) is 0 Å². The van der Waals surface area contributed by atoms with E-state index >= 15 is 0 Å². The fourth-order valence-electron chi connectivity index (χ4n) is 3.16. The van der Waals surface area contributed by atoms with Gasteiger partial charge in [0.05, 0.1) is 19.2 Å². The van der Waals surface area contributed by atoms with Gasteiger partial charge in [0.2, 0.25) is 0 Å². The molecule has 0 saturated carbocycles. The zero-order chi connectivity index (χ0) is 17.9. The lowest BCUT2D eigenvalue weighted by atomic mass is 10.0. The molecular weight excluding hydrogens is 473 g/mol. The van der Waals surface area contributed by atoms with E-state index in [1.165, 1.54) is 0 Å². The number of nitrogens with two attached hydrogens (primary N) is 1. The van der Waals surface area contributed by atoms with Gasteiger partial charge in [0.25, 0.3) is 0 Å². The van der Waals surface area contributed by atoms with Crippen LogP contribution < -0.4 is 15.8 Å². The minimum absolute atomic E-state index is 0. The number of nitrogens with one attached hydrogen (secondary N) is 1. The van der Waals surface area contributed by atoms with Crippen LogP contribution in [-0.2, 0) is 0 Å². The smallest absolute Gasteiger partial charge is 0.189 e. The quantitative estimate of drug-likeness (QED) is 0.291. The second-order valence-corrected chi connectivity index (χ2v) is 7.42. The van der Waals surface area contributed by atoms with Crippen LogP contribution in [-0.4, -0.2) is 24.2 Å². The van der Waals surface area contributed by atoms with Crippen LogP contribution in [0, 0.1) is 0 Å². The van der Waals surface area contributed by atoms with E-state index in [1.54, 1.807) is 11.3 Å². The summed E-state index contributed by atoms with van der Waals surface area (Å²) >= 11 is 1.59. The number of benzene rings is 2. The van der Waals surface area contributed by atoms with Crippen molar-refractivity contribution >= 4 is 51.4 Å². The van der Waals surface area contributed by atoms with Crippen LogP contribution in [0.2, 0.25) is 0 Å². The summed E-state index contributed by atoms with van der Waals surface area (Å²) in [6.07, 6.45) is 0.168. The monoisotopic (exact) mass is 495 g/mol. The van der Waals surface area contributed by atoms with E-state index in [0.29, 0.717) is 12.6 Å². The number of thiophene rings is 1. The average Bonchev–Trinajstić information content (AvgIpc) is 3.11. The second kappa shape index (κ2) is 8.90. The number of para-hydroxylation sites is 1. The summed E-state index contributed by atoms with van der Waals surface area (Å²) < 4.78 is 6.82. The fourth-order valence-corrected chi connectivity index (χ4v) is 4.20. The van der Waals surface area contributed by atoms with Crippen LogP contribution in [0.25, 0.3) is 10.1 Å².